The van der Waals surface area contributed by atoms with Crippen LogP contribution in [-0.2, 0) is 6.42 Å². The third kappa shape index (κ3) is 3.16. The van der Waals surface area contributed by atoms with E-state index >= 15 is 0 Å². The normalized spacial score (nSPS) is 11.5. The molecule has 0 spiro atoms. The Bertz CT molecular complexity index is 361. The molecule has 0 bridgehead atoms. The Morgan fingerprint density at radius 1 is 1.53 bits per heavy atom. The smallest absolute Gasteiger partial charge is 0.162 e. The Kier molecular flexibility index (Phi) is 3.97. The van der Waals surface area contributed by atoms with Gasteiger partial charge in [0, 0.05) is 6.92 Å². The molecule has 0 aliphatic carbocycles. The van der Waals surface area contributed by atoms with Crippen molar-refractivity contribution >= 4 is 5.71 Å². The highest BCUT2D eigenvalue weighted by Crippen LogP contribution is 2.26. The first kappa shape index (κ1) is 11.4. The van der Waals surface area contributed by atoms with Gasteiger partial charge in [0.15, 0.2) is 17.2 Å². The number of aromatic hydroxyl groups is 1. The molecule has 0 saturated heterocycles. The zero-order chi connectivity index (χ0) is 11.3. The number of hydrogen-bond donors (Lipinski definition) is 2. The summed E-state index contributed by atoms with van der Waals surface area (Å²) in [5.74, 6) is 0.571. The van der Waals surface area contributed by atoms with Gasteiger partial charge < -0.3 is 15.1 Å². The van der Waals surface area contributed by atoms with Gasteiger partial charge in [0.2, 0.25) is 0 Å². The molecule has 0 aliphatic rings. The van der Waals surface area contributed by atoms with Gasteiger partial charge in [-0.3, -0.25) is 0 Å². The summed E-state index contributed by atoms with van der Waals surface area (Å²) >= 11 is 0. The molecule has 2 N–H and O–H groups in total. The van der Waals surface area contributed by atoms with Gasteiger partial charge in [-0.2, -0.15) is 0 Å². The highest BCUT2D eigenvalue weighted by Gasteiger charge is 2.05. The van der Waals surface area contributed by atoms with Crippen LogP contribution in [0.15, 0.2) is 18.2 Å². The van der Waals surface area contributed by atoms with Gasteiger partial charge in [0.05, 0.1) is 13.0 Å². The van der Waals surface area contributed by atoms with E-state index in [0.717, 1.165) is 5.56 Å². The largest absolute Gasteiger partial charge is 0.625 e. The number of nitrogens with one attached hydrogen (secondary N) is 1. The lowest BCUT2D eigenvalue weighted by molar-refractivity contribution is -0.375. The van der Waals surface area contributed by atoms with Gasteiger partial charge in [0.1, 0.15) is 0 Å². The standard InChI is InChI=1S/C11H15NO3/c1-3-15-11-7-9(4-5-10(11)13)6-8(2)12-14/h4-5,7,12H,3,6H2,1-2H3,(H-,13,14). The lowest BCUT2D eigenvalue weighted by Crippen LogP contribution is -2.65. The van der Waals surface area contributed by atoms with Crippen molar-refractivity contribution in [2.45, 2.75) is 20.3 Å². The van der Waals surface area contributed by atoms with E-state index in [4.69, 9.17) is 4.74 Å². The van der Waals surface area contributed by atoms with Crippen molar-refractivity contribution in [2.75, 3.05) is 6.61 Å². The number of phenolic OH excluding ortho intramolecular Hbond substituents is 1. The SMILES string of the molecule is CCOc1cc(CC(C)=[NH+][O-])ccc1O. The summed E-state index contributed by atoms with van der Waals surface area (Å²) in [5, 5.41) is 21.6. The summed E-state index contributed by atoms with van der Waals surface area (Å²) in [5.41, 5.74) is 1.56. The molecule has 4 nitrogen and oxygen atoms in total. The van der Waals surface area contributed by atoms with Crippen LogP contribution >= 0.6 is 0 Å². The van der Waals surface area contributed by atoms with Crippen molar-refractivity contribution in [1.29, 1.82) is 0 Å². The maximum absolute atomic E-state index is 10.3. The fourth-order valence-corrected chi connectivity index (χ4v) is 1.28. The monoisotopic (exact) mass is 209 g/mol. The van der Waals surface area contributed by atoms with Crippen LogP contribution in [-0.4, -0.2) is 17.4 Å². The van der Waals surface area contributed by atoms with Crippen LogP contribution < -0.4 is 9.89 Å². The molecular formula is C11H15NO3. The van der Waals surface area contributed by atoms with Crippen molar-refractivity contribution in [2.24, 2.45) is 0 Å². The van der Waals surface area contributed by atoms with Gasteiger partial charge in [0.25, 0.3) is 0 Å². The van der Waals surface area contributed by atoms with E-state index in [1.54, 1.807) is 25.1 Å². The Hall–Kier alpha value is -1.71. The third-order valence-corrected chi connectivity index (χ3v) is 1.97. The zero-order valence-electron chi connectivity index (χ0n) is 8.91. The fraction of sp³-hybridized carbons (Fsp3) is 0.364. The van der Waals surface area contributed by atoms with E-state index in [1.165, 1.54) is 0 Å². The highest BCUT2D eigenvalue weighted by atomic mass is 16.5. The molecule has 15 heavy (non-hydrogen) atoms. The van der Waals surface area contributed by atoms with Crippen molar-refractivity contribution in [3.8, 4) is 11.5 Å². The van der Waals surface area contributed by atoms with Crippen molar-refractivity contribution < 1.29 is 15.0 Å². The maximum atomic E-state index is 10.3. The molecule has 0 saturated carbocycles. The lowest BCUT2D eigenvalue weighted by atomic mass is 10.1. The van der Waals surface area contributed by atoms with E-state index in [9.17, 15) is 10.3 Å². The van der Waals surface area contributed by atoms with Gasteiger partial charge in [-0.15, -0.1) is 0 Å². The van der Waals surface area contributed by atoms with Crippen LogP contribution in [0.25, 0.3) is 0 Å². The summed E-state index contributed by atoms with van der Waals surface area (Å²) in [4.78, 5) is 0. The average molecular weight is 209 g/mol. The van der Waals surface area contributed by atoms with Crippen molar-refractivity contribution in [3.05, 3.63) is 29.0 Å². The molecule has 0 aliphatic heterocycles. The topological polar surface area (TPSA) is 66.5 Å². The quantitative estimate of drug-likeness (QED) is 0.428. The van der Waals surface area contributed by atoms with Gasteiger partial charge >= 0.3 is 0 Å². The van der Waals surface area contributed by atoms with Crippen LogP contribution in [0.1, 0.15) is 19.4 Å². The lowest BCUT2D eigenvalue weighted by Gasteiger charge is -2.07. The second kappa shape index (κ2) is 5.24. The Labute approximate surface area is 88.8 Å². The molecule has 0 amide bonds. The molecular weight excluding hydrogens is 194 g/mol. The minimum atomic E-state index is 0.119. The van der Waals surface area contributed by atoms with Gasteiger partial charge in [-0.1, -0.05) is 6.07 Å². The molecule has 0 atom stereocenters. The predicted octanol–water partition coefficient (Wildman–Crippen LogP) is 0.373. The summed E-state index contributed by atoms with van der Waals surface area (Å²) in [6.45, 7) is 4.07. The first-order valence-electron chi connectivity index (χ1n) is 4.82. The molecule has 1 aromatic rings. The van der Waals surface area contributed by atoms with E-state index in [-0.39, 0.29) is 5.75 Å². The van der Waals surface area contributed by atoms with E-state index in [2.05, 4.69) is 0 Å². The number of ether oxygens (including phenoxy) is 1. The second-order valence-corrected chi connectivity index (χ2v) is 3.29. The van der Waals surface area contributed by atoms with Gasteiger partial charge in [-0.25, -0.2) is 5.16 Å². The molecule has 0 fully saturated rings. The van der Waals surface area contributed by atoms with Crippen LogP contribution in [0.2, 0.25) is 0 Å². The first-order valence-corrected chi connectivity index (χ1v) is 4.82. The fourth-order valence-electron chi connectivity index (χ4n) is 1.28. The van der Waals surface area contributed by atoms with Crippen LogP contribution in [0, 0.1) is 5.21 Å². The Morgan fingerprint density at radius 2 is 2.27 bits per heavy atom. The first-order chi connectivity index (χ1) is 7.17. The van der Waals surface area contributed by atoms with Crippen LogP contribution in [0.5, 0.6) is 11.5 Å². The molecule has 0 aromatic heterocycles. The highest BCUT2D eigenvalue weighted by molar-refractivity contribution is 5.78. The summed E-state index contributed by atoms with van der Waals surface area (Å²) in [6.07, 6.45) is 0.532. The maximum Gasteiger partial charge on any atom is 0.162 e. The van der Waals surface area contributed by atoms with Crippen molar-refractivity contribution in [3.63, 3.8) is 0 Å². The molecule has 1 rings (SSSR count). The van der Waals surface area contributed by atoms with Gasteiger partial charge in [-0.05, 0) is 24.6 Å². The third-order valence-electron chi connectivity index (χ3n) is 1.97. The number of benzene rings is 1. The van der Waals surface area contributed by atoms with Crippen LogP contribution in [0.4, 0.5) is 0 Å². The second-order valence-electron chi connectivity index (χ2n) is 3.29. The summed E-state index contributed by atoms with van der Waals surface area (Å²) in [6, 6.07) is 5.07. The Morgan fingerprint density at radius 3 is 2.87 bits per heavy atom. The van der Waals surface area contributed by atoms with E-state index < -0.39 is 0 Å². The molecule has 1 aromatic carbocycles. The van der Waals surface area contributed by atoms with Crippen molar-refractivity contribution in [1.82, 2.24) is 0 Å². The van der Waals surface area contributed by atoms with Crippen LogP contribution in [0.3, 0.4) is 0 Å². The predicted molar refractivity (Wildman–Crippen MR) is 58.0 cm³/mol. The molecule has 4 heteroatoms. The average Bonchev–Trinajstić information content (AvgIpc) is 2.23. The Balaban J connectivity index is 2.87. The molecule has 0 unspecified atom stereocenters. The molecule has 0 radical (unpaired) electrons. The summed E-state index contributed by atoms with van der Waals surface area (Å²) in [7, 11) is 0. The number of hydrogen-bond acceptors (Lipinski definition) is 3. The minimum absolute atomic E-state index is 0.119. The zero-order valence-corrected chi connectivity index (χ0v) is 8.91. The van der Waals surface area contributed by atoms with E-state index in [0.29, 0.717) is 24.5 Å². The summed E-state index contributed by atoms with van der Waals surface area (Å²) < 4.78 is 5.23. The number of phenols is 1. The molecule has 82 valence electrons. The minimum Gasteiger partial charge on any atom is -0.625 e. The number of rotatable bonds is 4. The van der Waals surface area contributed by atoms with E-state index in [1.807, 2.05) is 12.1 Å². The molecule has 0 heterocycles.